The SMILES string of the molecule is CCCC/C=C\CCCCCCCC(=O)OC(COC(=O)CCCC)COP(=O)(O)O. The zero-order chi connectivity index (χ0) is 23.4. The summed E-state index contributed by atoms with van der Waals surface area (Å²) in [6, 6.07) is 0. The smallest absolute Gasteiger partial charge is 0.462 e. The number of phosphoric ester groups is 1. The van der Waals surface area contributed by atoms with Crippen LogP contribution >= 0.6 is 7.82 Å². The van der Waals surface area contributed by atoms with Gasteiger partial charge in [-0.1, -0.05) is 64.5 Å². The Bertz CT molecular complexity index is 544. The summed E-state index contributed by atoms with van der Waals surface area (Å²) in [6.07, 6.45) is 14.9. The first-order chi connectivity index (χ1) is 14.8. The highest BCUT2D eigenvalue weighted by atomic mass is 31.2. The van der Waals surface area contributed by atoms with Gasteiger partial charge in [0.25, 0.3) is 0 Å². The van der Waals surface area contributed by atoms with Crippen molar-refractivity contribution in [2.75, 3.05) is 13.2 Å². The Balaban J connectivity index is 4.07. The zero-order valence-electron chi connectivity index (χ0n) is 19.1. The topological polar surface area (TPSA) is 119 Å². The Morgan fingerprint density at radius 3 is 2.03 bits per heavy atom. The average Bonchev–Trinajstić information content (AvgIpc) is 2.71. The molecule has 0 bridgehead atoms. The van der Waals surface area contributed by atoms with Gasteiger partial charge in [0.1, 0.15) is 6.61 Å². The fourth-order valence-corrected chi connectivity index (χ4v) is 3.10. The lowest BCUT2D eigenvalue weighted by atomic mass is 10.1. The first kappa shape index (κ1) is 29.8. The van der Waals surface area contributed by atoms with Gasteiger partial charge in [0.2, 0.25) is 0 Å². The van der Waals surface area contributed by atoms with Gasteiger partial charge in [0.05, 0.1) is 6.61 Å². The maximum absolute atomic E-state index is 12.0. The summed E-state index contributed by atoms with van der Waals surface area (Å²) in [6.45, 7) is 3.30. The largest absolute Gasteiger partial charge is 0.469 e. The Morgan fingerprint density at radius 1 is 0.806 bits per heavy atom. The van der Waals surface area contributed by atoms with Gasteiger partial charge in [0, 0.05) is 12.8 Å². The number of carbonyl (C=O) groups excluding carboxylic acids is 2. The van der Waals surface area contributed by atoms with Gasteiger partial charge >= 0.3 is 19.8 Å². The van der Waals surface area contributed by atoms with E-state index < -0.39 is 32.5 Å². The molecule has 31 heavy (non-hydrogen) atoms. The molecule has 0 saturated carbocycles. The number of phosphoric acid groups is 1. The molecule has 0 amide bonds. The number of unbranched alkanes of at least 4 members (excludes halogenated alkanes) is 8. The Morgan fingerprint density at radius 2 is 1.39 bits per heavy atom. The van der Waals surface area contributed by atoms with Crippen molar-refractivity contribution < 1.29 is 37.9 Å². The fourth-order valence-electron chi connectivity index (χ4n) is 2.74. The molecule has 0 aliphatic heterocycles. The summed E-state index contributed by atoms with van der Waals surface area (Å²) in [7, 11) is -4.71. The van der Waals surface area contributed by atoms with Gasteiger partial charge in [-0.3, -0.25) is 14.1 Å². The standard InChI is InChI=1S/C22H41O8P/c1-3-5-7-8-9-10-11-12-13-14-15-17-22(24)30-20(19-29-31(25,26)27)18-28-21(23)16-6-4-2/h8-9,20H,3-7,10-19H2,1-2H3,(H2,25,26,27)/b9-8-. The summed E-state index contributed by atoms with van der Waals surface area (Å²) >= 11 is 0. The molecule has 0 aromatic carbocycles. The van der Waals surface area contributed by atoms with Crippen LogP contribution in [0.5, 0.6) is 0 Å². The molecule has 2 N–H and O–H groups in total. The predicted octanol–water partition coefficient (Wildman–Crippen LogP) is 5.22. The van der Waals surface area contributed by atoms with Crippen molar-refractivity contribution in [3.63, 3.8) is 0 Å². The van der Waals surface area contributed by atoms with Crippen molar-refractivity contribution in [1.82, 2.24) is 0 Å². The molecule has 1 atom stereocenters. The predicted molar refractivity (Wildman–Crippen MR) is 119 cm³/mol. The maximum Gasteiger partial charge on any atom is 0.469 e. The summed E-state index contributed by atoms with van der Waals surface area (Å²) in [5.74, 6) is -0.943. The normalized spacial score (nSPS) is 12.8. The molecule has 0 saturated heterocycles. The van der Waals surface area contributed by atoms with Gasteiger partial charge in [-0.2, -0.15) is 0 Å². The van der Waals surface area contributed by atoms with Crippen molar-refractivity contribution in [2.24, 2.45) is 0 Å². The lowest BCUT2D eigenvalue weighted by Gasteiger charge is -2.18. The van der Waals surface area contributed by atoms with Crippen molar-refractivity contribution in [2.45, 2.75) is 103 Å². The van der Waals surface area contributed by atoms with Crippen molar-refractivity contribution >= 4 is 19.8 Å². The Hall–Kier alpha value is -1.21. The molecular formula is C22H41O8P. The highest BCUT2D eigenvalue weighted by Crippen LogP contribution is 2.35. The highest BCUT2D eigenvalue weighted by molar-refractivity contribution is 7.46. The summed E-state index contributed by atoms with van der Waals surface area (Å²) < 4.78 is 25.5. The van der Waals surface area contributed by atoms with Gasteiger partial charge in [-0.15, -0.1) is 0 Å². The van der Waals surface area contributed by atoms with E-state index in [9.17, 15) is 14.2 Å². The average molecular weight is 465 g/mol. The van der Waals surface area contributed by atoms with Crippen molar-refractivity contribution in [1.29, 1.82) is 0 Å². The first-order valence-electron chi connectivity index (χ1n) is 11.5. The van der Waals surface area contributed by atoms with Gasteiger partial charge in [-0.05, 0) is 32.1 Å². The quantitative estimate of drug-likeness (QED) is 0.109. The molecule has 0 rings (SSSR count). The Labute approximate surface area is 187 Å². The third-order valence-corrected chi connectivity index (χ3v) is 5.02. The van der Waals surface area contributed by atoms with E-state index in [1.807, 2.05) is 6.92 Å². The van der Waals surface area contributed by atoms with Gasteiger partial charge in [-0.25, -0.2) is 4.57 Å². The molecule has 0 fully saturated rings. The highest BCUT2D eigenvalue weighted by Gasteiger charge is 2.22. The second-order valence-electron chi connectivity index (χ2n) is 7.60. The number of hydrogen-bond acceptors (Lipinski definition) is 6. The third-order valence-electron chi connectivity index (χ3n) is 4.53. The van der Waals surface area contributed by atoms with Gasteiger partial charge < -0.3 is 19.3 Å². The summed E-state index contributed by atoms with van der Waals surface area (Å²) in [4.78, 5) is 41.3. The van der Waals surface area contributed by atoms with E-state index in [0.29, 0.717) is 12.8 Å². The molecule has 0 aliphatic rings. The molecule has 0 heterocycles. The number of rotatable bonds is 20. The molecule has 9 heteroatoms. The number of hydrogen-bond donors (Lipinski definition) is 2. The molecule has 8 nitrogen and oxygen atoms in total. The van der Waals surface area contributed by atoms with E-state index >= 15 is 0 Å². The fraction of sp³-hybridized carbons (Fsp3) is 0.818. The van der Waals surface area contributed by atoms with Gasteiger partial charge in [0.15, 0.2) is 6.10 Å². The van der Waals surface area contributed by atoms with Crippen LogP contribution in [0.4, 0.5) is 0 Å². The van der Waals surface area contributed by atoms with Crippen molar-refractivity contribution in [3.8, 4) is 0 Å². The third kappa shape index (κ3) is 21.8. The molecule has 0 aromatic heterocycles. The first-order valence-corrected chi connectivity index (χ1v) is 13.0. The minimum absolute atomic E-state index is 0.202. The number of esters is 2. The van der Waals surface area contributed by atoms with E-state index in [4.69, 9.17) is 19.3 Å². The van der Waals surface area contributed by atoms with Crippen LogP contribution in [-0.2, 0) is 28.2 Å². The summed E-state index contributed by atoms with van der Waals surface area (Å²) in [5.41, 5.74) is 0. The number of ether oxygens (including phenoxy) is 2. The molecule has 0 spiro atoms. The van der Waals surface area contributed by atoms with E-state index in [2.05, 4.69) is 23.6 Å². The molecule has 1 unspecified atom stereocenters. The monoisotopic (exact) mass is 464 g/mol. The maximum atomic E-state index is 12.0. The minimum atomic E-state index is -4.71. The number of allylic oxidation sites excluding steroid dienone is 2. The minimum Gasteiger partial charge on any atom is -0.462 e. The summed E-state index contributed by atoms with van der Waals surface area (Å²) in [5, 5.41) is 0. The Kier molecular flexibility index (Phi) is 18.7. The van der Waals surface area contributed by atoms with Crippen LogP contribution in [0, 0.1) is 0 Å². The lowest BCUT2D eigenvalue weighted by molar-refractivity contribution is -0.161. The van der Waals surface area contributed by atoms with E-state index in [-0.39, 0.29) is 19.4 Å². The van der Waals surface area contributed by atoms with E-state index in [0.717, 1.165) is 44.9 Å². The molecule has 0 aliphatic carbocycles. The molecular weight excluding hydrogens is 423 g/mol. The molecule has 0 radical (unpaired) electrons. The van der Waals surface area contributed by atoms with Crippen LogP contribution < -0.4 is 0 Å². The second-order valence-corrected chi connectivity index (χ2v) is 8.84. The van der Waals surface area contributed by atoms with Crippen LogP contribution in [0.25, 0.3) is 0 Å². The molecule has 182 valence electrons. The van der Waals surface area contributed by atoms with E-state index in [1.165, 1.54) is 12.8 Å². The zero-order valence-corrected chi connectivity index (χ0v) is 20.0. The van der Waals surface area contributed by atoms with E-state index in [1.54, 1.807) is 0 Å². The van der Waals surface area contributed by atoms with Crippen LogP contribution in [0.1, 0.15) is 97.3 Å². The van der Waals surface area contributed by atoms with Crippen LogP contribution in [0.3, 0.4) is 0 Å². The van der Waals surface area contributed by atoms with Crippen LogP contribution in [0.2, 0.25) is 0 Å². The lowest BCUT2D eigenvalue weighted by Crippen LogP contribution is -2.29. The van der Waals surface area contributed by atoms with Crippen molar-refractivity contribution in [3.05, 3.63) is 12.2 Å². The molecule has 0 aromatic rings. The second kappa shape index (κ2) is 19.5. The number of carbonyl (C=O) groups is 2. The van der Waals surface area contributed by atoms with Crippen LogP contribution in [-0.4, -0.2) is 41.0 Å². The van der Waals surface area contributed by atoms with Crippen LogP contribution in [0.15, 0.2) is 12.2 Å².